The lowest BCUT2D eigenvalue weighted by atomic mass is 10.0. The molecule has 138 valence electrons. The first-order valence-electron chi connectivity index (χ1n) is 8.52. The average molecular weight is 364 g/mol. The molecule has 0 radical (unpaired) electrons. The van der Waals surface area contributed by atoms with E-state index in [-0.39, 0.29) is 11.6 Å². The summed E-state index contributed by atoms with van der Waals surface area (Å²) < 4.78 is 42.2. The summed E-state index contributed by atoms with van der Waals surface area (Å²) in [6.07, 6.45) is 1.42. The van der Waals surface area contributed by atoms with Gasteiger partial charge in [-0.25, -0.2) is 4.68 Å². The number of aryl methyl sites for hydroxylation is 1. The van der Waals surface area contributed by atoms with Crippen LogP contribution in [0.2, 0.25) is 0 Å². The fraction of sp³-hybridized carbons (Fsp3) is 0.471. The quantitative estimate of drug-likeness (QED) is 0.717. The molecule has 1 aromatic carbocycles. The van der Waals surface area contributed by atoms with Crippen molar-refractivity contribution in [1.82, 2.24) is 29.7 Å². The second-order valence-electron chi connectivity index (χ2n) is 6.79. The van der Waals surface area contributed by atoms with E-state index in [1.807, 2.05) is 19.4 Å². The number of alkyl halides is 3. The molecule has 0 saturated carbocycles. The Morgan fingerprint density at radius 3 is 2.85 bits per heavy atom. The lowest BCUT2D eigenvalue weighted by molar-refractivity contribution is -0.137. The van der Waals surface area contributed by atoms with Crippen molar-refractivity contribution in [3.05, 3.63) is 41.7 Å². The van der Waals surface area contributed by atoms with E-state index in [9.17, 15) is 13.2 Å². The number of hydrogen-bond acceptors (Lipinski definition) is 4. The van der Waals surface area contributed by atoms with Crippen LogP contribution in [-0.2, 0) is 19.8 Å². The van der Waals surface area contributed by atoms with Crippen molar-refractivity contribution in [3.63, 3.8) is 0 Å². The van der Waals surface area contributed by atoms with E-state index in [1.165, 1.54) is 6.07 Å². The summed E-state index contributed by atoms with van der Waals surface area (Å²) in [4.78, 5) is 2.32. The van der Waals surface area contributed by atoms with E-state index in [0.29, 0.717) is 5.52 Å². The molecule has 3 aromatic rings. The second kappa shape index (κ2) is 6.39. The van der Waals surface area contributed by atoms with Crippen LogP contribution in [0.15, 0.2) is 30.6 Å². The van der Waals surface area contributed by atoms with Crippen molar-refractivity contribution in [3.8, 4) is 0 Å². The molecule has 9 heteroatoms. The van der Waals surface area contributed by atoms with Crippen molar-refractivity contribution in [1.29, 1.82) is 0 Å². The largest absolute Gasteiger partial charge is 0.416 e. The first-order chi connectivity index (χ1) is 12.4. The summed E-state index contributed by atoms with van der Waals surface area (Å²) in [5, 5.41) is 12.3. The molecule has 1 unspecified atom stereocenters. The predicted octanol–water partition coefficient (Wildman–Crippen LogP) is 3.02. The van der Waals surface area contributed by atoms with E-state index in [2.05, 4.69) is 20.3 Å². The number of piperidine rings is 1. The maximum absolute atomic E-state index is 12.9. The number of rotatable bonds is 3. The molecule has 1 aliphatic heterocycles. The molecule has 0 N–H and O–H groups in total. The second-order valence-corrected chi connectivity index (χ2v) is 6.79. The molecule has 1 fully saturated rings. The Hall–Kier alpha value is -2.42. The minimum Gasteiger partial charge on any atom is -0.297 e. The first kappa shape index (κ1) is 17.0. The highest BCUT2D eigenvalue weighted by molar-refractivity contribution is 5.75. The van der Waals surface area contributed by atoms with Gasteiger partial charge in [0, 0.05) is 31.9 Å². The lowest BCUT2D eigenvalue weighted by Crippen LogP contribution is -2.36. The molecular weight excluding hydrogens is 345 g/mol. The van der Waals surface area contributed by atoms with Crippen LogP contribution in [-0.4, -0.2) is 42.8 Å². The highest BCUT2D eigenvalue weighted by Crippen LogP contribution is 2.32. The highest BCUT2D eigenvalue weighted by atomic mass is 19.4. The Balaban J connectivity index is 1.55. The smallest absolute Gasteiger partial charge is 0.297 e. The van der Waals surface area contributed by atoms with E-state index in [0.717, 1.165) is 50.2 Å². The maximum Gasteiger partial charge on any atom is 0.416 e. The number of benzene rings is 1. The van der Waals surface area contributed by atoms with Gasteiger partial charge in [0.05, 0.1) is 23.3 Å². The molecule has 26 heavy (non-hydrogen) atoms. The van der Waals surface area contributed by atoms with Crippen molar-refractivity contribution < 1.29 is 13.2 Å². The fourth-order valence-electron chi connectivity index (χ4n) is 3.57. The molecule has 0 spiro atoms. The molecule has 4 rings (SSSR count). The van der Waals surface area contributed by atoms with Crippen molar-refractivity contribution >= 4 is 11.0 Å². The maximum atomic E-state index is 12.9. The van der Waals surface area contributed by atoms with E-state index in [4.69, 9.17) is 0 Å². The number of likely N-dealkylation sites (tertiary alicyclic amines) is 1. The molecule has 1 saturated heterocycles. The third-order valence-electron chi connectivity index (χ3n) is 4.79. The zero-order valence-electron chi connectivity index (χ0n) is 14.3. The minimum atomic E-state index is -4.37. The normalized spacial score (nSPS) is 19.3. The molecule has 6 nitrogen and oxygen atoms in total. The number of halogens is 3. The van der Waals surface area contributed by atoms with Crippen molar-refractivity contribution in [2.75, 3.05) is 13.1 Å². The van der Waals surface area contributed by atoms with Gasteiger partial charge in [-0.2, -0.15) is 18.3 Å². The first-order valence-corrected chi connectivity index (χ1v) is 8.52. The van der Waals surface area contributed by atoms with Gasteiger partial charge in [-0.3, -0.25) is 9.58 Å². The summed E-state index contributed by atoms with van der Waals surface area (Å²) in [5.74, 6) is 0. The molecule has 1 aliphatic rings. The van der Waals surface area contributed by atoms with Gasteiger partial charge in [0.1, 0.15) is 5.52 Å². The van der Waals surface area contributed by atoms with Gasteiger partial charge in [-0.15, -0.1) is 5.10 Å². The SMILES string of the molecule is Cn1cc(CN2CCCC(n3nnc4cc(C(F)(F)F)ccc43)C2)cn1. The van der Waals surface area contributed by atoms with Gasteiger partial charge in [0.2, 0.25) is 0 Å². The third kappa shape index (κ3) is 3.31. The van der Waals surface area contributed by atoms with Gasteiger partial charge >= 0.3 is 6.18 Å². The number of aromatic nitrogens is 5. The Kier molecular flexibility index (Phi) is 4.18. The van der Waals surface area contributed by atoms with Crippen LogP contribution in [0.1, 0.15) is 30.0 Å². The Labute approximate surface area is 148 Å². The van der Waals surface area contributed by atoms with Crippen LogP contribution in [0.4, 0.5) is 13.2 Å². The van der Waals surface area contributed by atoms with Gasteiger partial charge in [-0.1, -0.05) is 5.21 Å². The molecule has 2 aromatic heterocycles. The Bertz CT molecular complexity index is 913. The van der Waals surface area contributed by atoms with Crippen LogP contribution in [0.25, 0.3) is 11.0 Å². The van der Waals surface area contributed by atoms with Gasteiger partial charge in [-0.05, 0) is 37.6 Å². The molecule has 0 aliphatic carbocycles. The minimum absolute atomic E-state index is 0.0992. The Morgan fingerprint density at radius 2 is 2.12 bits per heavy atom. The van der Waals surface area contributed by atoms with E-state index >= 15 is 0 Å². The Morgan fingerprint density at radius 1 is 1.27 bits per heavy atom. The lowest BCUT2D eigenvalue weighted by Gasteiger charge is -2.32. The van der Waals surface area contributed by atoms with Crippen LogP contribution < -0.4 is 0 Å². The zero-order chi connectivity index (χ0) is 18.3. The highest BCUT2D eigenvalue weighted by Gasteiger charge is 2.31. The molecule has 0 amide bonds. The van der Waals surface area contributed by atoms with Gasteiger partial charge in [0.25, 0.3) is 0 Å². The van der Waals surface area contributed by atoms with Crippen LogP contribution in [0.5, 0.6) is 0 Å². The van der Waals surface area contributed by atoms with Crippen LogP contribution in [0.3, 0.4) is 0 Å². The summed E-state index contributed by atoms with van der Waals surface area (Å²) >= 11 is 0. The summed E-state index contributed by atoms with van der Waals surface area (Å²) in [7, 11) is 1.89. The van der Waals surface area contributed by atoms with Crippen molar-refractivity contribution in [2.45, 2.75) is 31.6 Å². The summed E-state index contributed by atoms with van der Waals surface area (Å²) in [6, 6.07) is 3.73. The number of fused-ring (bicyclic) bond motifs is 1. The summed E-state index contributed by atoms with van der Waals surface area (Å²) in [5.41, 5.74) is 1.38. The molecule has 1 atom stereocenters. The van der Waals surface area contributed by atoms with Gasteiger partial charge in [0.15, 0.2) is 0 Å². The number of hydrogen-bond donors (Lipinski definition) is 0. The molecular formula is C17H19F3N6. The van der Waals surface area contributed by atoms with Gasteiger partial charge < -0.3 is 0 Å². The predicted molar refractivity (Wildman–Crippen MR) is 89.3 cm³/mol. The average Bonchev–Trinajstić information content (AvgIpc) is 3.20. The van der Waals surface area contributed by atoms with E-state index < -0.39 is 11.7 Å². The molecule has 0 bridgehead atoms. The van der Waals surface area contributed by atoms with Crippen LogP contribution in [0, 0.1) is 0 Å². The monoisotopic (exact) mass is 364 g/mol. The third-order valence-corrected chi connectivity index (χ3v) is 4.79. The standard InChI is InChI=1S/C17H19F3N6/c1-24-9-12(8-21-24)10-25-6-2-3-14(11-25)26-16-5-4-13(17(18,19)20)7-15(16)22-23-26/h4-5,7-9,14H,2-3,6,10-11H2,1H3. The summed E-state index contributed by atoms with van der Waals surface area (Å²) in [6.45, 7) is 2.57. The number of nitrogens with zero attached hydrogens (tertiary/aromatic N) is 6. The topological polar surface area (TPSA) is 51.8 Å². The fourth-order valence-corrected chi connectivity index (χ4v) is 3.57. The van der Waals surface area contributed by atoms with Crippen molar-refractivity contribution in [2.24, 2.45) is 7.05 Å². The zero-order valence-corrected chi connectivity index (χ0v) is 14.3. The molecule has 3 heterocycles. The van der Waals surface area contributed by atoms with E-state index in [1.54, 1.807) is 9.36 Å². The van der Waals surface area contributed by atoms with Crippen LogP contribution >= 0.6 is 0 Å².